The summed E-state index contributed by atoms with van der Waals surface area (Å²) >= 11 is 0. The van der Waals surface area contributed by atoms with Crippen LogP contribution in [0.2, 0.25) is 0 Å². The van der Waals surface area contributed by atoms with Crippen molar-refractivity contribution in [2.75, 3.05) is 26.2 Å². The van der Waals surface area contributed by atoms with E-state index in [4.69, 9.17) is 22.1 Å². The van der Waals surface area contributed by atoms with Gasteiger partial charge >= 0.3 is 53.6 Å². The standard InChI is InChI=1S/2C17H18N2O2.2Cu.2N3.Zn/c2*20-16-8-3-1-6-14(16)12-18-10-5-11-19-13-15-7-2-4-9-17(15)21;;;2*1-3-2;/h2*1-4,6-9,12-13,20-21H,5,10-11H2;;;;;/q;;2*+2;2*-1;+2/p-4. The molecule has 0 aromatic heterocycles. The van der Waals surface area contributed by atoms with E-state index in [2.05, 4.69) is 20.0 Å². The van der Waals surface area contributed by atoms with Crippen LogP contribution in [-0.2, 0) is 53.6 Å². The Morgan fingerprint density at radius 3 is 0.765 bits per heavy atom. The smallest absolute Gasteiger partial charge is 0.872 e. The maximum absolute atomic E-state index is 11.4. The van der Waals surface area contributed by atoms with Crippen molar-refractivity contribution in [2.45, 2.75) is 12.8 Å². The Balaban J connectivity index is -0.000000744. The van der Waals surface area contributed by atoms with Gasteiger partial charge < -0.3 is 42.6 Å². The Hall–Kier alpha value is -4.96. The van der Waals surface area contributed by atoms with Gasteiger partial charge in [-0.3, -0.25) is 29.8 Å². The fraction of sp³-hybridized carbons (Fsp3) is 0.176. The number of para-hydroxylation sites is 4. The maximum Gasteiger partial charge on any atom is 2.00 e. The van der Waals surface area contributed by atoms with Gasteiger partial charge in [-0.25, -0.2) is 0 Å². The molecule has 0 unspecified atom stereocenters. The van der Waals surface area contributed by atoms with E-state index in [-0.39, 0.29) is 76.6 Å². The molecule has 0 aliphatic carbocycles. The second-order valence-corrected chi connectivity index (χ2v) is 9.18. The number of aliphatic imine (C=N–C) groups is 4. The Kier molecular flexibility index (Phi) is 33.2. The zero-order valence-corrected chi connectivity index (χ0v) is 32.1. The molecule has 14 nitrogen and oxygen atoms in total. The summed E-state index contributed by atoms with van der Waals surface area (Å²) in [7, 11) is 0. The number of hydrogen-bond acceptors (Lipinski definition) is 8. The second kappa shape index (κ2) is 33.5. The first-order valence-electron chi connectivity index (χ1n) is 14.4. The van der Waals surface area contributed by atoms with Gasteiger partial charge in [0.25, 0.3) is 0 Å². The molecule has 0 atom stereocenters. The Morgan fingerprint density at radius 1 is 0.412 bits per heavy atom. The number of benzene rings is 4. The molecule has 4 rings (SSSR count). The van der Waals surface area contributed by atoms with Crippen LogP contribution in [0.4, 0.5) is 0 Å². The van der Waals surface area contributed by atoms with E-state index in [0.29, 0.717) is 48.4 Å². The molecule has 51 heavy (non-hydrogen) atoms. The zero-order valence-electron chi connectivity index (χ0n) is 27.2. The van der Waals surface area contributed by atoms with E-state index in [0.717, 1.165) is 12.8 Å². The fourth-order valence-electron chi connectivity index (χ4n) is 3.51. The largest absolute Gasteiger partial charge is 2.00 e. The molecule has 4 aromatic rings. The van der Waals surface area contributed by atoms with Crippen molar-refractivity contribution in [2.24, 2.45) is 20.0 Å². The molecule has 2 radical (unpaired) electrons. The Labute approximate surface area is 330 Å². The van der Waals surface area contributed by atoms with Gasteiger partial charge in [-0.2, -0.15) is 0 Å². The van der Waals surface area contributed by atoms with Gasteiger partial charge in [0.15, 0.2) is 0 Å². The van der Waals surface area contributed by atoms with Gasteiger partial charge in [0.05, 0.1) is 0 Å². The van der Waals surface area contributed by atoms with E-state index in [9.17, 15) is 20.4 Å². The van der Waals surface area contributed by atoms with E-state index in [1.54, 1.807) is 73.4 Å². The minimum absolute atomic E-state index is 0. The van der Waals surface area contributed by atoms with Gasteiger partial charge in [-0.1, -0.05) is 97.1 Å². The second-order valence-electron chi connectivity index (χ2n) is 9.18. The van der Waals surface area contributed by atoms with Crippen molar-refractivity contribution in [3.05, 3.63) is 151 Å². The maximum atomic E-state index is 11.4. The molecule has 0 fully saturated rings. The predicted molar refractivity (Wildman–Crippen MR) is 183 cm³/mol. The van der Waals surface area contributed by atoms with E-state index in [1.165, 1.54) is 34.1 Å². The van der Waals surface area contributed by atoms with Crippen molar-refractivity contribution in [1.29, 1.82) is 0 Å². The Bertz CT molecular complexity index is 1480. The molecule has 4 aromatic carbocycles. The summed E-state index contributed by atoms with van der Waals surface area (Å²) in [5.41, 5.74) is 29.4. The van der Waals surface area contributed by atoms with Gasteiger partial charge in [-0.15, -0.1) is 23.0 Å². The van der Waals surface area contributed by atoms with Crippen LogP contribution in [0.3, 0.4) is 0 Å². The molecule has 0 bridgehead atoms. The van der Waals surface area contributed by atoms with Crippen LogP contribution < -0.4 is 20.4 Å². The van der Waals surface area contributed by atoms with Crippen LogP contribution in [0, 0.1) is 0 Å². The third-order valence-electron chi connectivity index (χ3n) is 5.75. The first-order chi connectivity index (χ1) is 23.4. The molecule has 0 saturated carbocycles. The van der Waals surface area contributed by atoms with Gasteiger partial charge in [0.1, 0.15) is 0 Å². The van der Waals surface area contributed by atoms with Crippen molar-refractivity contribution in [1.82, 2.24) is 0 Å². The summed E-state index contributed by atoms with van der Waals surface area (Å²) in [5, 5.41) is 45.7. The Morgan fingerprint density at radius 2 is 0.588 bits per heavy atom. The summed E-state index contributed by atoms with van der Waals surface area (Å²) in [6.07, 6.45) is 7.93. The summed E-state index contributed by atoms with van der Waals surface area (Å²) < 4.78 is 0. The summed E-state index contributed by atoms with van der Waals surface area (Å²) in [5.74, 6) is -0.0877. The zero-order chi connectivity index (χ0) is 35.2. The molecule has 0 aliphatic heterocycles. The molecule has 0 spiro atoms. The van der Waals surface area contributed by atoms with Crippen molar-refractivity contribution >= 4 is 24.9 Å². The number of rotatable bonds is 12. The first kappa shape index (κ1) is 50.4. The van der Waals surface area contributed by atoms with Crippen LogP contribution in [0.25, 0.3) is 31.9 Å². The molecule has 0 amide bonds. The molecule has 0 saturated heterocycles. The van der Waals surface area contributed by atoms with Gasteiger partial charge in [0, 0.05) is 51.0 Å². The first-order valence-corrected chi connectivity index (χ1v) is 14.4. The molecule has 0 N–H and O–H groups in total. The van der Waals surface area contributed by atoms with Gasteiger partial charge in [-0.05, 0) is 35.1 Å². The molecular formula is C34H32Cu2N10O4Zn. The van der Waals surface area contributed by atoms with Gasteiger partial charge in [0.2, 0.25) is 0 Å². The molecular weight excluding hydrogens is 805 g/mol. The van der Waals surface area contributed by atoms with Crippen LogP contribution in [0.15, 0.2) is 117 Å². The summed E-state index contributed by atoms with van der Waals surface area (Å²) in [6.45, 7) is 2.41. The minimum atomic E-state index is -0.0219. The van der Waals surface area contributed by atoms with Crippen LogP contribution >= 0.6 is 0 Å². The molecule has 0 aliphatic rings. The average molecular weight is 837 g/mol. The quantitative estimate of drug-likeness (QED) is 0.0462. The van der Waals surface area contributed by atoms with E-state index >= 15 is 0 Å². The number of nitrogens with zero attached hydrogens (tertiary/aromatic N) is 10. The van der Waals surface area contributed by atoms with Crippen LogP contribution in [0.5, 0.6) is 23.0 Å². The van der Waals surface area contributed by atoms with Crippen molar-refractivity contribution in [3.63, 3.8) is 0 Å². The fourth-order valence-corrected chi connectivity index (χ4v) is 3.51. The predicted octanol–water partition coefficient (Wildman–Crippen LogP) is 5.25. The van der Waals surface area contributed by atoms with E-state index < -0.39 is 0 Å². The summed E-state index contributed by atoms with van der Waals surface area (Å²) in [4.78, 5) is 19.8. The third-order valence-corrected chi connectivity index (χ3v) is 5.75. The van der Waals surface area contributed by atoms with E-state index in [1.807, 2.05) is 24.3 Å². The van der Waals surface area contributed by atoms with Crippen LogP contribution in [-0.4, -0.2) is 51.0 Å². The molecule has 0 heterocycles. The normalized spacial score (nSPS) is 9.73. The monoisotopic (exact) mass is 834 g/mol. The minimum Gasteiger partial charge on any atom is -0.872 e. The molecule has 17 heteroatoms. The third kappa shape index (κ3) is 23.9. The molecule has 266 valence electrons. The van der Waals surface area contributed by atoms with Crippen molar-refractivity contribution in [3.8, 4) is 23.0 Å². The van der Waals surface area contributed by atoms with Crippen molar-refractivity contribution < 1.29 is 74.0 Å². The average Bonchev–Trinajstić information content (AvgIpc) is 3.08. The SMILES string of the molecule is [Cu+2].[Cu+2].[N-]=[N+]=[N-].[N-]=[N+]=[N-].[O-]c1ccccc1C=NCCCN=Cc1ccccc1[O-].[O-]c1ccccc1C=NCCCN=Cc1ccccc1[O-].[Zn+2]. The number of hydrogen-bond donors (Lipinski definition) is 0. The van der Waals surface area contributed by atoms with Crippen LogP contribution in [0.1, 0.15) is 35.1 Å². The topological polar surface area (TPSA) is 259 Å². The summed E-state index contributed by atoms with van der Waals surface area (Å²) in [6, 6.07) is 27.2.